The van der Waals surface area contributed by atoms with Crippen LogP contribution in [-0.2, 0) is 9.53 Å². The van der Waals surface area contributed by atoms with Crippen LogP contribution in [0.25, 0.3) is 22.1 Å². The largest absolute Gasteiger partial charge is 0.479 e. The van der Waals surface area contributed by atoms with Gasteiger partial charge in [-0.3, -0.25) is 0 Å². The highest BCUT2D eigenvalue weighted by Gasteiger charge is 2.18. The second-order valence-electron chi connectivity index (χ2n) is 6.07. The lowest BCUT2D eigenvalue weighted by Crippen LogP contribution is -2.26. The summed E-state index contributed by atoms with van der Waals surface area (Å²) in [4.78, 5) is 24.3. The van der Waals surface area contributed by atoms with Gasteiger partial charge in [0.1, 0.15) is 11.3 Å². The number of rotatable bonds is 5. The zero-order valence-corrected chi connectivity index (χ0v) is 16.0. The van der Waals surface area contributed by atoms with E-state index in [1.54, 1.807) is 56.3 Å². The number of carbonyl (C=O) groups is 1. The van der Waals surface area contributed by atoms with Crippen molar-refractivity contribution in [2.24, 2.45) is 0 Å². The van der Waals surface area contributed by atoms with Gasteiger partial charge in [0, 0.05) is 16.5 Å². The van der Waals surface area contributed by atoms with Gasteiger partial charge in [0.05, 0.1) is 12.2 Å². The summed E-state index contributed by atoms with van der Waals surface area (Å²) < 4.78 is 16.0. The molecule has 1 heterocycles. The zero-order chi connectivity index (χ0) is 19.6. The maximum absolute atomic E-state index is 12.6. The Hall–Kier alpha value is -2.79. The first-order chi connectivity index (χ1) is 12.9. The van der Waals surface area contributed by atoms with Gasteiger partial charge in [-0.2, -0.15) is 0 Å². The number of hydrogen-bond donors (Lipinski definition) is 0. The standard InChI is InChI=1S/C21H19ClO5/c1-4-25-20(23)13(3)26-16-9-10-17-12(2)19(21(24)27-18(17)11-16)14-5-7-15(22)8-6-14/h5-11,13H,4H2,1-3H3/t13-/m1/s1. The quantitative estimate of drug-likeness (QED) is 0.467. The summed E-state index contributed by atoms with van der Waals surface area (Å²) in [5.41, 5.74) is 1.98. The molecule has 0 spiro atoms. The minimum absolute atomic E-state index is 0.284. The summed E-state index contributed by atoms with van der Waals surface area (Å²) in [6.07, 6.45) is -0.761. The Morgan fingerprint density at radius 1 is 1.19 bits per heavy atom. The molecule has 0 fully saturated rings. The first-order valence-electron chi connectivity index (χ1n) is 8.57. The summed E-state index contributed by atoms with van der Waals surface area (Å²) in [7, 11) is 0. The van der Waals surface area contributed by atoms with Crippen molar-refractivity contribution in [3.05, 3.63) is 63.5 Å². The van der Waals surface area contributed by atoms with Crippen molar-refractivity contribution in [3.63, 3.8) is 0 Å². The molecule has 0 radical (unpaired) electrons. The third kappa shape index (κ3) is 3.98. The smallest absolute Gasteiger partial charge is 0.347 e. The van der Waals surface area contributed by atoms with E-state index in [0.717, 1.165) is 16.5 Å². The third-order valence-corrected chi connectivity index (χ3v) is 4.46. The SMILES string of the molecule is CCOC(=O)[C@@H](C)Oc1ccc2c(C)c(-c3ccc(Cl)cc3)c(=O)oc2c1. The third-order valence-electron chi connectivity index (χ3n) is 4.20. The average molecular weight is 387 g/mol. The highest BCUT2D eigenvalue weighted by molar-refractivity contribution is 6.30. The lowest BCUT2D eigenvalue weighted by atomic mass is 9.99. The van der Waals surface area contributed by atoms with Gasteiger partial charge in [0.2, 0.25) is 0 Å². The van der Waals surface area contributed by atoms with Crippen molar-refractivity contribution in [1.29, 1.82) is 0 Å². The maximum Gasteiger partial charge on any atom is 0.347 e. The molecule has 27 heavy (non-hydrogen) atoms. The molecule has 0 saturated carbocycles. The fourth-order valence-electron chi connectivity index (χ4n) is 2.87. The first-order valence-corrected chi connectivity index (χ1v) is 8.95. The van der Waals surface area contributed by atoms with E-state index in [0.29, 0.717) is 21.9 Å². The predicted molar refractivity (Wildman–Crippen MR) is 104 cm³/mol. The van der Waals surface area contributed by atoms with E-state index in [2.05, 4.69) is 0 Å². The van der Waals surface area contributed by atoms with Crippen molar-refractivity contribution in [1.82, 2.24) is 0 Å². The number of hydrogen-bond acceptors (Lipinski definition) is 5. The molecule has 2 aromatic carbocycles. The molecule has 5 nitrogen and oxygen atoms in total. The molecule has 0 N–H and O–H groups in total. The van der Waals surface area contributed by atoms with Crippen molar-refractivity contribution < 1.29 is 18.7 Å². The van der Waals surface area contributed by atoms with Gasteiger partial charge in [0.25, 0.3) is 0 Å². The van der Waals surface area contributed by atoms with Gasteiger partial charge in [-0.1, -0.05) is 23.7 Å². The number of fused-ring (bicyclic) bond motifs is 1. The molecule has 1 aromatic heterocycles. The molecule has 1 atom stereocenters. The Kier molecular flexibility index (Phi) is 5.51. The molecule has 0 aliphatic heterocycles. The van der Waals surface area contributed by atoms with E-state index in [4.69, 9.17) is 25.5 Å². The fourth-order valence-corrected chi connectivity index (χ4v) is 3.00. The Labute approximate surface area is 161 Å². The van der Waals surface area contributed by atoms with Crippen LogP contribution in [0.4, 0.5) is 0 Å². The summed E-state index contributed by atoms with van der Waals surface area (Å²) in [6.45, 7) is 5.49. The number of halogens is 1. The zero-order valence-electron chi connectivity index (χ0n) is 15.2. The van der Waals surface area contributed by atoms with Crippen LogP contribution in [0.2, 0.25) is 5.02 Å². The van der Waals surface area contributed by atoms with Crippen LogP contribution < -0.4 is 10.4 Å². The van der Waals surface area contributed by atoms with Crippen molar-refractivity contribution >= 4 is 28.5 Å². The first kappa shape index (κ1) is 19.0. The molecule has 3 aromatic rings. The van der Waals surface area contributed by atoms with Crippen LogP contribution in [0.5, 0.6) is 5.75 Å². The number of ether oxygens (including phenoxy) is 2. The van der Waals surface area contributed by atoms with Gasteiger partial charge in [-0.05, 0) is 56.2 Å². The van der Waals surface area contributed by atoms with Crippen LogP contribution in [-0.4, -0.2) is 18.7 Å². The van der Waals surface area contributed by atoms with Gasteiger partial charge < -0.3 is 13.9 Å². The minimum Gasteiger partial charge on any atom is -0.479 e. The number of benzene rings is 2. The Morgan fingerprint density at radius 3 is 2.56 bits per heavy atom. The highest BCUT2D eigenvalue weighted by Crippen LogP contribution is 2.29. The normalized spacial score (nSPS) is 12.0. The molecule has 0 unspecified atom stereocenters. The Balaban J connectivity index is 2.00. The van der Waals surface area contributed by atoms with Gasteiger partial charge in [-0.25, -0.2) is 9.59 Å². The Morgan fingerprint density at radius 2 is 1.89 bits per heavy atom. The topological polar surface area (TPSA) is 65.7 Å². The monoisotopic (exact) mass is 386 g/mol. The molecule has 0 aliphatic rings. The Bertz CT molecular complexity index is 1040. The van der Waals surface area contributed by atoms with Crippen molar-refractivity contribution in [3.8, 4) is 16.9 Å². The van der Waals surface area contributed by atoms with Gasteiger partial charge in [-0.15, -0.1) is 0 Å². The van der Waals surface area contributed by atoms with E-state index in [-0.39, 0.29) is 6.61 Å². The molecule has 0 amide bonds. The average Bonchev–Trinajstić information content (AvgIpc) is 2.63. The molecule has 3 rings (SSSR count). The second-order valence-corrected chi connectivity index (χ2v) is 6.50. The lowest BCUT2D eigenvalue weighted by Gasteiger charge is -2.14. The van der Waals surface area contributed by atoms with Crippen molar-refractivity contribution in [2.45, 2.75) is 26.9 Å². The summed E-state index contributed by atoms with van der Waals surface area (Å²) in [6, 6.07) is 12.2. The number of aryl methyl sites for hydroxylation is 1. The second kappa shape index (κ2) is 7.84. The van der Waals surface area contributed by atoms with E-state index in [1.807, 2.05) is 6.92 Å². The fraction of sp³-hybridized carbons (Fsp3) is 0.238. The molecule has 0 saturated heterocycles. The maximum atomic E-state index is 12.6. The van der Waals surface area contributed by atoms with Gasteiger partial charge in [0.15, 0.2) is 6.10 Å². The molecule has 0 bridgehead atoms. The van der Waals surface area contributed by atoms with E-state index in [1.165, 1.54) is 0 Å². The van der Waals surface area contributed by atoms with Crippen LogP contribution in [0, 0.1) is 6.92 Å². The van der Waals surface area contributed by atoms with Crippen LogP contribution >= 0.6 is 11.6 Å². The summed E-state index contributed by atoms with van der Waals surface area (Å²) in [5, 5.41) is 1.38. The van der Waals surface area contributed by atoms with Crippen LogP contribution in [0.3, 0.4) is 0 Å². The summed E-state index contributed by atoms with van der Waals surface area (Å²) >= 11 is 5.93. The van der Waals surface area contributed by atoms with Gasteiger partial charge >= 0.3 is 11.6 Å². The minimum atomic E-state index is -0.761. The van der Waals surface area contributed by atoms with Crippen LogP contribution in [0.1, 0.15) is 19.4 Å². The molecule has 0 aliphatic carbocycles. The van der Waals surface area contributed by atoms with E-state index < -0.39 is 17.7 Å². The van der Waals surface area contributed by atoms with E-state index in [9.17, 15) is 9.59 Å². The highest BCUT2D eigenvalue weighted by atomic mass is 35.5. The molecule has 140 valence electrons. The number of esters is 1. The number of carbonyl (C=O) groups excluding carboxylic acids is 1. The molecular weight excluding hydrogens is 368 g/mol. The molecular formula is C21H19ClO5. The molecule has 6 heteroatoms. The van der Waals surface area contributed by atoms with Crippen molar-refractivity contribution in [2.75, 3.05) is 6.61 Å². The van der Waals surface area contributed by atoms with Crippen LogP contribution in [0.15, 0.2) is 51.7 Å². The summed E-state index contributed by atoms with van der Waals surface area (Å²) in [5.74, 6) is -0.0295. The predicted octanol–water partition coefficient (Wildman–Crippen LogP) is 4.75. The van der Waals surface area contributed by atoms with E-state index >= 15 is 0 Å². The lowest BCUT2D eigenvalue weighted by molar-refractivity contribution is -0.150.